The third kappa shape index (κ3) is 2.58. The summed E-state index contributed by atoms with van der Waals surface area (Å²) in [4.78, 5) is 3.85. The Morgan fingerprint density at radius 1 is 1.50 bits per heavy atom. The van der Waals surface area contributed by atoms with Crippen LogP contribution in [0.1, 0.15) is 13.8 Å². The summed E-state index contributed by atoms with van der Waals surface area (Å²) in [5, 5.41) is 0. The van der Waals surface area contributed by atoms with Gasteiger partial charge in [-0.1, -0.05) is 0 Å². The van der Waals surface area contributed by atoms with E-state index in [-0.39, 0.29) is 12.1 Å². The van der Waals surface area contributed by atoms with Crippen LogP contribution in [0.25, 0.3) is 0 Å². The third-order valence-electron chi connectivity index (χ3n) is 1.08. The van der Waals surface area contributed by atoms with E-state index in [0.29, 0.717) is 0 Å². The lowest BCUT2D eigenvalue weighted by atomic mass is 10.2. The molecule has 3 heteroatoms. The molecule has 0 aromatic heterocycles. The van der Waals surface area contributed by atoms with Crippen LogP contribution >= 0.6 is 0 Å². The standard InChI is InChI=1S/C5H13N3/c1-4(7)5(2)8-3-6/h3-5H,7H2,1-2H3,(H2,6,8). The second kappa shape index (κ2) is 3.43. The summed E-state index contributed by atoms with van der Waals surface area (Å²) in [7, 11) is 0. The first-order chi connectivity index (χ1) is 3.68. The number of rotatable bonds is 2. The van der Waals surface area contributed by atoms with Crippen molar-refractivity contribution in [1.82, 2.24) is 0 Å². The molecule has 0 bridgehead atoms. The van der Waals surface area contributed by atoms with Crippen LogP contribution in [0.2, 0.25) is 0 Å². The SMILES string of the molecule is CC(N)C(C)N=CN. The first-order valence-corrected chi connectivity index (χ1v) is 2.67. The smallest absolute Gasteiger partial charge is 0.0801 e. The van der Waals surface area contributed by atoms with Gasteiger partial charge in [-0.05, 0) is 13.8 Å². The Morgan fingerprint density at radius 3 is 2.12 bits per heavy atom. The van der Waals surface area contributed by atoms with Gasteiger partial charge in [0.1, 0.15) is 0 Å². The van der Waals surface area contributed by atoms with Crippen molar-refractivity contribution in [1.29, 1.82) is 0 Å². The zero-order valence-electron chi connectivity index (χ0n) is 5.33. The van der Waals surface area contributed by atoms with Gasteiger partial charge in [-0.15, -0.1) is 0 Å². The quantitative estimate of drug-likeness (QED) is 0.383. The molecule has 2 atom stereocenters. The lowest BCUT2D eigenvalue weighted by Gasteiger charge is -2.07. The second-order valence-corrected chi connectivity index (χ2v) is 1.90. The van der Waals surface area contributed by atoms with E-state index in [1.54, 1.807) is 0 Å². The summed E-state index contributed by atoms with van der Waals surface area (Å²) in [5.74, 6) is 0. The van der Waals surface area contributed by atoms with Crippen molar-refractivity contribution in [3.05, 3.63) is 0 Å². The fourth-order valence-corrected chi connectivity index (χ4v) is 0.272. The summed E-state index contributed by atoms with van der Waals surface area (Å²) >= 11 is 0. The van der Waals surface area contributed by atoms with Gasteiger partial charge in [-0.2, -0.15) is 0 Å². The fraction of sp³-hybridized carbons (Fsp3) is 0.800. The van der Waals surface area contributed by atoms with Crippen LogP contribution in [-0.4, -0.2) is 18.4 Å². The minimum atomic E-state index is 0.0924. The van der Waals surface area contributed by atoms with Gasteiger partial charge in [0.05, 0.1) is 12.4 Å². The maximum Gasteiger partial charge on any atom is 0.0801 e. The van der Waals surface area contributed by atoms with Crippen molar-refractivity contribution in [2.24, 2.45) is 16.5 Å². The highest BCUT2D eigenvalue weighted by molar-refractivity contribution is 5.51. The van der Waals surface area contributed by atoms with E-state index in [1.165, 1.54) is 6.34 Å². The zero-order valence-corrected chi connectivity index (χ0v) is 5.33. The predicted molar refractivity (Wildman–Crippen MR) is 35.8 cm³/mol. The summed E-state index contributed by atoms with van der Waals surface area (Å²) in [6, 6.07) is 0.231. The van der Waals surface area contributed by atoms with E-state index in [4.69, 9.17) is 11.5 Å². The van der Waals surface area contributed by atoms with Gasteiger partial charge in [0, 0.05) is 6.04 Å². The topological polar surface area (TPSA) is 64.4 Å². The van der Waals surface area contributed by atoms with Gasteiger partial charge in [0.15, 0.2) is 0 Å². The molecule has 0 aromatic carbocycles. The second-order valence-electron chi connectivity index (χ2n) is 1.90. The number of nitrogens with two attached hydrogens (primary N) is 2. The molecule has 0 rings (SSSR count). The lowest BCUT2D eigenvalue weighted by molar-refractivity contribution is 0.607. The van der Waals surface area contributed by atoms with Crippen LogP contribution in [0.3, 0.4) is 0 Å². The third-order valence-corrected chi connectivity index (χ3v) is 1.08. The van der Waals surface area contributed by atoms with E-state index >= 15 is 0 Å². The van der Waals surface area contributed by atoms with Crippen molar-refractivity contribution in [2.75, 3.05) is 0 Å². The van der Waals surface area contributed by atoms with Crippen LogP contribution in [0.15, 0.2) is 4.99 Å². The van der Waals surface area contributed by atoms with Crippen molar-refractivity contribution in [2.45, 2.75) is 25.9 Å². The maximum atomic E-state index is 5.45. The van der Waals surface area contributed by atoms with Crippen LogP contribution in [-0.2, 0) is 0 Å². The number of nitrogens with zero attached hydrogens (tertiary/aromatic N) is 1. The molecule has 0 aromatic rings. The Bertz CT molecular complexity index is 77.7. The molecule has 0 amide bonds. The molecule has 0 aliphatic carbocycles. The molecule has 3 nitrogen and oxygen atoms in total. The Kier molecular flexibility index (Phi) is 3.19. The molecule has 0 spiro atoms. The molecule has 0 heterocycles. The minimum Gasteiger partial charge on any atom is -0.390 e. The Balaban J connectivity index is 3.47. The van der Waals surface area contributed by atoms with Gasteiger partial charge in [-0.25, -0.2) is 0 Å². The van der Waals surface area contributed by atoms with E-state index in [9.17, 15) is 0 Å². The first-order valence-electron chi connectivity index (χ1n) is 2.67. The van der Waals surface area contributed by atoms with E-state index < -0.39 is 0 Å². The Labute approximate surface area is 49.8 Å². The van der Waals surface area contributed by atoms with Gasteiger partial charge in [0.2, 0.25) is 0 Å². The van der Waals surface area contributed by atoms with Gasteiger partial charge >= 0.3 is 0 Å². The number of aliphatic imine (C=N–C) groups is 1. The normalized spacial score (nSPS) is 18.9. The van der Waals surface area contributed by atoms with Gasteiger partial charge < -0.3 is 11.5 Å². The van der Waals surface area contributed by atoms with Crippen LogP contribution < -0.4 is 11.5 Å². The lowest BCUT2D eigenvalue weighted by Crippen LogP contribution is -2.27. The summed E-state index contributed by atoms with van der Waals surface area (Å²) in [6.07, 6.45) is 1.29. The summed E-state index contributed by atoms with van der Waals surface area (Å²) in [6.45, 7) is 3.83. The summed E-state index contributed by atoms with van der Waals surface area (Å²) in [5.41, 5.74) is 10.5. The average molecular weight is 115 g/mol. The van der Waals surface area contributed by atoms with Crippen LogP contribution in [0.5, 0.6) is 0 Å². The van der Waals surface area contributed by atoms with Crippen LogP contribution in [0, 0.1) is 0 Å². The summed E-state index contributed by atoms with van der Waals surface area (Å²) < 4.78 is 0. The van der Waals surface area contributed by atoms with E-state index in [1.807, 2.05) is 13.8 Å². The highest BCUT2D eigenvalue weighted by atomic mass is 14.9. The molecule has 48 valence electrons. The molecule has 0 saturated heterocycles. The molecular formula is C5H13N3. The predicted octanol–water partition coefficient (Wildman–Crippen LogP) is -0.291. The fourth-order valence-electron chi connectivity index (χ4n) is 0.272. The molecule has 0 saturated carbocycles. The van der Waals surface area contributed by atoms with Crippen molar-refractivity contribution < 1.29 is 0 Å². The molecule has 8 heavy (non-hydrogen) atoms. The molecule has 0 radical (unpaired) electrons. The largest absolute Gasteiger partial charge is 0.390 e. The minimum absolute atomic E-state index is 0.0924. The van der Waals surface area contributed by atoms with Gasteiger partial charge in [0.25, 0.3) is 0 Å². The number of hydrogen-bond donors (Lipinski definition) is 2. The molecule has 0 aliphatic heterocycles. The molecule has 0 aliphatic rings. The average Bonchev–Trinajstić information content (AvgIpc) is 1.67. The molecule has 0 fully saturated rings. The monoisotopic (exact) mass is 115 g/mol. The Morgan fingerprint density at radius 2 is 2.00 bits per heavy atom. The first kappa shape index (κ1) is 7.43. The zero-order chi connectivity index (χ0) is 6.57. The van der Waals surface area contributed by atoms with E-state index in [2.05, 4.69) is 4.99 Å². The molecular weight excluding hydrogens is 102 g/mol. The highest BCUT2D eigenvalue weighted by Gasteiger charge is 2.01. The Hall–Kier alpha value is -0.570. The highest BCUT2D eigenvalue weighted by Crippen LogP contribution is 1.90. The van der Waals surface area contributed by atoms with Crippen molar-refractivity contribution in [3.8, 4) is 0 Å². The molecule has 4 N–H and O–H groups in total. The van der Waals surface area contributed by atoms with Crippen molar-refractivity contribution in [3.63, 3.8) is 0 Å². The van der Waals surface area contributed by atoms with Crippen molar-refractivity contribution >= 4 is 6.34 Å². The maximum absolute atomic E-state index is 5.45. The molecule has 2 unspecified atom stereocenters. The number of hydrogen-bond acceptors (Lipinski definition) is 2. The van der Waals surface area contributed by atoms with Gasteiger partial charge in [-0.3, -0.25) is 4.99 Å². The van der Waals surface area contributed by atoms with E-state index in [0.717, 1.165) is 0 Å². The van der Waals surface area contributed by atoms with Crippen LogP contribution in [0.4, 0.5) is 0 Å².